The van der Waals surface area contributed by atoms with E-state index in [1.807, 2.05) is 60.7 Å². The SMILES string of the molecule is O=C([C@H](Sc1ccccc1)c1ccccc1)N(C[C@@H]1CCCO1)[C@@H]1CCS(=O)(=O)C1. The van der Waals surface area contributed by atoms with Crippen LogP contribution in [0.25, 0.3) is 0 Å². The predicted octanol–water partition coefficient (Wildman–Crippen LogP) is 3.71. The fourth-order valence-electron chi connectivity index (χ4n) is 4.12. The van der Waals surface area contributed by atoms with Gasteiger partial charge in [0.15, 0.2) is 9.84 Å². The lowest BCUT2D eigenvalue weighted by Gasteiger charge is -2.33. The summed E-state index contributed by atoms with van der Waals surface area (Å²) in [4.78, 5) is 16.7. The van der Waals surface area contributed by atoms with Crippen molar-refractivity contribution in [3.05, 3.63) is 66.2 Å². The van der Waals surface area contributed by atoms with Gasteiger partial charge in [-0.1, -0.05) is 48.5 Å². The molecule has 0 aliphatic carbocycles. The first-order valence-electron chi connectivity index (χ1n) is 10.4. The lowest BCUT2D eigenvalue weighted by atomic mass is 10.1. The van der Waals surface area contributed by atoms with E-state index >= 15 is 0 Å². The number of carbonyl (C=O) groups excluding carboxylic acids is 1. The number of amides is 1. The van der Waals surface area contributed by atoms with E-state index in [0.29, 0.717) is 19.6 Å². The molecule has 0 spiro atoms. The van der Waals surface area contributed by atoms with Crippen LogP contribution in [0.1, 0.15) is 30.1 Å². The molecular weight excluding hydrogens is 418 g/mol. The zero-order chi connectivity index (χ0) is 21.0. The molecule has 2 saturated heterocycles. The second kappa shape index (κ2) is 9.54. The van der Waals surface area contributed by atoms with Crippen LogP contribution in [0.3, 0.4) is 0 Å². The quantitative estimate of drug-likeness (QED) is 0.608. The van der Waals surface area contributed by atoms with Crippen LogP contribution in [0.2, 0.25) is 0 Å². The van der Waals surface area contributed by atoms with Crippen LogP contribution in [0.4, 0.5) is 0 Å². The minimum Gasteiger partial charge on any atom is -0.376 e. The third kappa shape index (κ3) is 5.25. The van der Waals surface area contributed by atoms with Gasteiger partial charge in [-0.15, -0.1) is 11.8 Å². The van der Waals surface area contributed by atoms with E-state index in [-0.39, 0.29) is 29.6 Å². The first kappa shape index (κ1) is 21.4. The van der Waals surface area contributed by atoms with Crippen LogP contribution in [-0.2, 0) is 19.4 Å². The summed E-state index contributed by atoms with van der Waals surface area (Å²) < 4.78 is 30.1. The van der Waals surface area contributed by atoms with E-state index < -0.39 is 15.1 Å². The van der Waals surface area contributed by atoms with Gasteiger partial charge in [0.25, 0.3) is 0 Å². The van der Waals surface area contributed by atoms with E-state index in [2.05, 4.69) is 0 Å². The van der Waals surface area contributed by atoms with Crippen LogP contribution in [0, 0.1) is 0 Å². The Morgan fingerprint density at radius 2 is 1.77 bits per heavy atom. The molecule has 1 amide bonds. The topological polar surface area (TPSA) is 63.7 Å². The van der Waals surface area contributed by atoms with Gasteiger partial charge >= 0.3 is 0 Å². The molecule has 0 bridgehead atoms. The molecule has 0 saturated carbocycles. The van der Waals surface area contributed by atoms with Crippen molar-refractivity contribution in [2.45, 2.75) is 41.6 Å². The highest BCUT2D eigenvalue weighted by atomic mass is 32.2. The van der Waals surface area contributed by atoms with Crippen LogP contribution in [0.15, 0.2) is 65.6 Å². The molecule has 2 aromatic carbocycles. The van der Waals surface area contributed by atoms with Crippen molar-refractivity contribution in [2.75, 3.05) is 24.7 Å². The van der Waals surface area contributed by atoms with E-state index in [0.717, 1.165) is 23.3 Å². The number of benzene rings is 2. The summed E-state index contributed by atoms with van der Waals surface area (Å²) in [6.45, 7) is 1.16. The number of thioether (sulfide) groups is 1. The van der Waals surface area contributed by atoms with Crippen LogP contribution in [-0.4, -0.2) is 56.0 Å². The van der Waals surface area contributed by atoms with Gasteiger partial charge in [0.05, 0.1) is 17.6 Å². The second-order valence-electron chi connectivity index (χ2n) is 7.90. The van der Waals surface area contributed by atoms with E-state index in [1.54, 1.807) is 4.90 Å². The summed E-state index contributed by atoms with van der Waals surface area (Å²) in [5.41, 5.74) is 0.926. The summed E-state index contributed by atoms with van der Waals surface area (Å²) in [7, 11) is -3.10. The van der Waals surface area contributed by atoms with Crippen LogP contribution >= 0.6 is 11.8 Å². The molecule has 7 heteroatoms. The van der Waals surface area contributed by atoms with Gasteiger partial charge in [-0.25, -0.2) is 8.42 Å². The third-order valence-electron chi connectivity index (χ3n) is 5.68. The number of nitrogens with zero attached hydrogens (tertiary/aromatic N) is 1. The highest BCUT2D eigenvalue weighted by Gasteiger charge is 2.39. The van der Waals surface area contributed by atoms with Crippen molar-refractivity contribution < 1.29 is 17.9 Å². The standard InChI is InChI=1S/C23H27NO4S2/c25-23(22(18-8-3-1-4-9-18)29-21-11-5-2-6-12-21)24(16-20-10-7-14-28-20)19-13-15-30(26,27)17-19/h1-6,8-9,11-12,19-20,22H,7,10,13-17H2/t19-,20+,22-/m1/s1. The third-order valence-corrected chi connectivity index (χ3v) is 8.68. The Bertz CT molecular complexity index is 944. The second-order valence-corrected chi connectivity index (χ2v) is 11.3. The molecule has 0 N–H and O–H groups in total. The van der Waals surface area contributed by atoms with Crippen LogP contribution in [0.5, 0.6) is 0 Å². The zero-order valence-corrected chi connectivity index (χ0v) is 18.5. The van der Waals surface area contributed by atoms with Gasteiger partial charge in [-0.05, 0) is 37.0 Å². The molecule has 5 nitrogen and oxygen atoms in total. The predicted molar refractivity (Wildman–Crippen MR) is 119 cm³/mol. The number of ether oxygens (including phenoxy) is 1. The van der Waals surface area contributed by atoms with Crippen molar-refractivity contribution in [1.29, 1.82) is 0 Å². The molecule has 160 valence electrons. The zero-order valence-electron chi connectivity index (χ0n) is 16.9. The molecule has 2 aromatic rings. The number of hydrogen-bond donors (Lipinski definition) is 0. The maximum Gasteiger partial charge on any atom is 0.240 e. The summed E-state index contributed by atoms with van der Waals surface area (Å²) >= 11 is 1.51. The molecule has 3 atom stereocenters. The van der Waals surface area contributed by atoms with Crippen molar-refractivity contribution >= 4 is 27.5 Å². The van der Waals surface area contributed by atoms with E-state index in [4.69, 9.17) is 4.74 Å². The largest absolute Gasteiger partial charge is 0.376 e. The number of sulfone groups is 1. The minimum atomic E-state index is -3.10. The van der Waals surface area contributed by atoms with Crippen molar-refractivity contribution in [3.8, 4) is 0 Å². The van der Waals surface area contributed by atoms with Gasteiger partial charge in [-0.2, -0.15) is 0 Å². The average Bonchev–Trinajstić information content (AvgIpc) is 3.40. The fraction of sp³-hybridized carbons (Fsp3) is 0.435. The van der Waals surface area contributed by atoms with Gasteiger partial charge in [0.1, 0.15) is 5.25 Å². The lowest BCUT2D eigenvalue weighted by molar-refractivity contribution is -0.134. The van der Waals surface area contributed by atoms with Crippen LogP contribution < -0.4 is 0 Å². The molecule has 2 aliphatic heterocycles. The van der Waals surface area contributed by atoms with Crippen molar-refractivity contribution in [3.63, 3.8) is 0 Å². The number of rotatable bonds is 7. The number of carbonyl (C=O) groups is 1. The Labute approximate surface area is 182 Å². The molecule has 0 radical (unpaired) electrons. The highest BCUT2D eigenvalue weighted by molar-refractivity contribution is 8.00. The molecular formula is C23H27NO4S2. The molecule has 0 aromatic heterocycles. The van der Waals surface area contributed by atoms with E-state index in [1.165, 1.54) is 11.8 Å². The Balaban J connectivity index is 1.64. The molecule has 2 aliphatic rings. The molecule has 30 heavy (non-hydrogen) atoms. The first-order chi connectivity index (χ1) is 14.5. The van der Waals surface area contributed by atoms with Gasteiger partial charge in [0.2, 0.25) is 5.91 Å². The van der Waals surface area contributed by atoms with Crippen molar-refractivity contribution in [2.24, 2.45) is 0 Å². The summed E-state index contributed by atoms with van der Waals surface area (Å²) in [5.74, 6) is 0.158. The Kier molecular flexibility index (Phi) is 6.80. The Hall–Kier alpha value is -1.83. The highest BCUT2D eigenvalue weighted by Crippen LogP contribution is 2.38. The number of hydrogen-bond acceptors (Lipinski definition) is 5. The maximum absolute atomic E-state index is 13.9. The van der Waals surface area contributed by atoms with Gasteiger partial charge in [0, 0.05) is 24.1 Å². The monoisotopic (exact) mass is 445 g/mol. The van der Waals surface area contributed by atoms with Crippen molar-refractivity contribution in [1.82, 2.24) is 4.90 Å². The summed E-state index contributed by atoms with van der Waals surface area (Å²) in [5, 5.41) is -0.432. The van der Waals surface area contributed by atoms with Gasteiger partial charge in [-0.3, -0.25) is 4.79 Å². The molecule has 2 fully saturated rings. The van der Waals surface area contributed by atoms with E-state index in [9.17, 15) is 13.2 Å². The van der Waals surface area contributed by atoms with Gasteiger partial charge < -0.3 is 9.64 Å². The molecule has 0 unspecified atom stereocenters. The summed E-state index contributed by atoms with van der Waals surface area (Å²) in [6, 6.07) is 19.3. The minimum absolute atomic E-state index is 0.0181. The first-order valence-corrected chi connectivity index (χ1v) is 13.1. The molecule has 4 rings (SSSR count). The smallest absolute Gasteiger partial charge is 0.240 e. The average molecular weight is 446 g/mol. The maximum atomic E-state index is 13.9. The molecule has 2 heterocycles. The Morgan fingerprint density at radius 1 is 1.07 bits per heavy atom. The lowest BCUT2D eigenvalue weighted by Crippen LogP contribution is -2.46. The Morgan fingerprint density at radius 3 is 2.37 bits per heavy atom. The fourth-order valence-corrected chi connectivity index (χ4v) is 6.97. The summed E-state index contributed by atoms with van der Waals surface area (Å²) in [6.07, 6.45) is 2.37. The normalized spacial score (nSPS) is 23.9.